The number of esters is 1. The molecule has 1 aliphatic carbocycles. The number of fused-ring (bicyclic) bond motifs is 1. The van der Waals surface area contributed by atoms with Gasteiger partial charge >= 0.3 is 5.97 Å². The summed E-state index contributed by atoms with van der Waals surface area (Å²) in [5.74, 6) is 1.24. The van der Waals surface area contributed by atoms with Crippen molar-refractivity contribution in [3.8, 4) is 5.75 Å². The third kappa shape index (κ3) is 4.15. The lowest BCUT2D eigenvalue weighted by atomic mass is 9.78. The second-order valence-corrected chi connectivity index (χ2v) is 8.37. The number of nitrogens with zero attached hydrogens (tertiary/aromatic N) is 2. The first-order valence-electron chi connectivity index (χ1n) is 9.25. The Morgan fingerprint density at radius 1 is 1.33 bits per heavy atom. The molecule has 0 spiro atoms. The maximum atomic E-state index is 11.7. The number of rotatable bonds is 5. The molecule has 0 amide bonds. The van der Waals surface area contributed by atoms with Gasteiger partial charge in [0.05, 0.1) is 24.3 Å². The second kappa shape index (κ2) is 7.96. The predicted molar refractivity (Wildman–Crippen MR) is 102 cm³/mol. The van der Waals surface area contributed by atoms with Gasteiger partial charge in [0.15, 0.2) is 0 Å². The van der Waals surface area contributed by atoms with Crippen LogP contribution in [0.3, 0.4) is 0 Å². The van der Waals surface area contributed by atoms with Gasteiger partial charge in [0.2, 0.25) is 0 Å². The Labute approximate surface area is 162 Å². The molecule has 144 valence electrons. The summed E-state index contributed by atoms with van der Waals surface area (Å²) in [5, 5.41) is 10.6. The average Bonchev–Trinajstić information content (AvgIpc) is 3.31. The van der Waals surface area contributed by atoms with Crippen molar-refractivity contribution in [2.24, 2.45) is 11.8 Å². The zero-order chi connectivity index (χ0) is 18.8. The van der Waals surface area contributed by atoms with E-state index in [4.69, 9.17) is 9.47 Å². The fourth-order valence-corrected chi connectivity index (χ4v) is 4.91. The van der Waals surface area contributed by atoms with Crippen LogP contribution in [0.2, 0.25) is 0 Å². The van der Waals surface area contributed by atoms with Crippen LogP contribution in [0.5, 0.6) is 5.75 Å². The summed E-state index contributed by atoms with van der Waals surface area (Å²) in [7, 11) is 1.36. The molecule has 0 unspecified atom stereocenters. The Hall–Kier alpha value is -1.96. The summed E-state index contributed by atoms with van der Waals surface area (Å²) in [6.07, 6.45) is 2.78. The highest BCUT2D eigenvalue weighted by Crippen LogP contribution is 2.38. The van der Waals surface area contributed by atoms with Crippen molar-refractivity contribution >= 4 is 17.3 Å². The highest BCUT2D eigenvalue weighted by molar-refractivity contribution is 7.09. The standard InChI is InChI=1S/C20H24N2O4S/c1-25-20(24)13-3-2-4-16(5-13)26-19-7-15-10-22(9-14(15)6-18(19)23)11-17-8-21-12-27-17/h2-5,8,12,14-15,18-19,23H,6-7,9-11H2,1H3/t14-,15+,18+,19+/m0/s1. The van der Waals surface area contributed by atoms with Gasteiger partial charge in [0.1, 0.15) is 11.9 Å². The van der Waals surface area contributed by atoms with Gasteiger partial charge in [0.25, 0.3) is 0 Å². The fraction of sp³-hybridized carbons (Fsp3) is 0.500. The summed E-state index contributed by atoms with van der Waals surface area (Å²) in [6.45, 7) is 2.97. The van der Waals surface area contributed by atoms with E-state index < -0.39 is 6.10 Å². The number of methoxy groups -OCH3 is 1. The Balaban J connectivity index is 1.39. The smallest absolute Gasteiger partial charge is 0.337 e. The number of likely N-dealkylation sites (tertiary alicyclic amines) is 1. The lowest BCUT2D eigenvalue weighted by Gasteiger charge is -2.35. The van der Waals surface area contributed by atoms with Gasteiger partial charge in [0, 0.05) is 30.7 Å². The van der Waals surface area contributed by atoms with Crippen molar-refractivity contribution in [1.82, 2.24) is 9.88 Å². The van der Waals surface area contributed by atoms with Gasteiger partial charge in [-0.05, 0) is 42.9 Å². The molecule has 6 nitrogen and oxygen atoms in total. The van der Waals surface area contributed by atoms with E-state index in [9.17, 15) is 9.90 Å². The van der Waals surface area contributed by atoms with Gasteiger partial charge in [-0.1, -0.05) is 6.07 Å². The van der Waals surface area contributed by atoms with E-state index in [1.807, 2.05) is 17.8 Å². The first-order valence-corrected chi connectivity index (χ1v) is 10.1. The van der Waals surface area contributed by atoms with E-state index >= 15 is 0 Å². The fourth-order valence-electron chi connectivity index (χ4n) is 4.27. The number of aliphatic hydroxyl groups excluding tert-OH is 1. The molecule has 4 rings (SSSR count). The number of hydrogen-bond acceptors (Lipinski definition) is 7. The van der Waals surface area contributed by atoms with Gasteiger partial charge in [-0.3, -0.25) is 9.88 Å². The van der Waals surface area contributed by atoms with Gasteiger partial charge in [-0.15, -0.1) is 11.3 Å². The monoisotopic (exact) mass is 388 g/mol. The molecule has 2 heterocycles. The lowest BCUT2D eigenvalue weighted by molar-refractivity contribution is -0.0231. The number of aromatic nitrogens is 1. The molecule has 0 radical (unpaired) electrons. The van der Waals surface area contributed by atoms with Crippen LogP contribution in [0.25, 0.3) is 0 Å². The van der Waals surface area contributed by atoms with Gasteiger partial charge in [-0.25, -0.2) is 4.79 Å². The summed E-state index contributed by atoms with van der Waals surface area (Å²) in [5.41, 5.74) is 2.32. The maximum absolute atomic E-state index is 11.7. The maximum Gasteiger partial charge on any atom is 0.337 e. The molecular weight excluding hydrogens is 364 g/mol. The number of carbonyl (C=O) groups is 1. The van der Waals surface area contributed by atoms with Crippen LogP contribution in [0.15, 0.2) is 36.0 Å². The third-order valence-electron chi connectivity index (χ3n) is 5.57. The molecule has 1 aromatic carbocycles. The van der Waals surface area contributed by atoms with Crippen molar-refractivity contribution in [1.29, 1.82) is 0 Å². The SMILES string of the molecule is COC(=O)c1cccc(O[C@@H]2C[C@@H]3CN(Cc4cncs4)C[C@@H]3C[C@H]2O)c1. The number of carbonyl (C=O) groups excluding carboxylic acids is 1. The summed E-state index contributed by atoms with van der Waals surface area (Å²) >= 11 is 1.69. The van der Waals surface area contributed by atoms with E-state index in [1.54, 1.807) is 29.5 Å². The lowest BCUT2D eigenvalue weighted by Crippen LogP contribution is -2.42. The largest absolute Gasteiger partial charge is 0.488 e. The van der Waals surface area contributed by atoms with E-state index in [2.05, 4.69) is 9.88 Å². The third-order valence-corrected chi connectivity index (χ3v) is 6.33. The van der Waals surface area contributed by atoms with E-state index in [-0.39, 0.29) is 12.1 Å². The number of ether oxygens (including phenoxy) is 2. The zero-order valence-corrected chi connectivity index (χ0v) is 16.1. The Morgan fingerprint density at radius 2 is 2.15 bits per heavy atom. The van der Waals surface area contributed by atoms with Crippen LogP contribution in [0, 0.1) is 11.8 Å². The first kappa shape index (κ1) is 18.4. The van der Waals surface area contributed by atoms with Crippen LogP contribution < -0.4 is 4.74 Å². The minimum Gasteiger partial charge on any atom is -0.488 e. The summed E-state index contributed by atoms with van der Waals surface area (Å²) in [6, 6.07) is 6.96. The molecular formula is C20H24N2O4S. The quantitative estimate of drug-likeness (QED) is 0.794. The van der Waals surface area contributed by atoms with E-state index in [0.29, 0.717) is 23.1 Å². The predicted octanol–water partition coefficient (Wildman–Crippen LogP) is 2.58. The van der Waals surface area contributed by atoms with Crippen LogP contribution in [0.4, 0.5) is 0 Å². The molecule has 2 fully saturated rings. The first-order chi connectivity index (χ1) is 13.1. The molecule has 0 bridgehead atoms. The minimum absolute atomic E-state index is 0.248. The average molecular weight is 388 g/mol. The van der Waals surface area contributed by atoms with Crippen LogP contribution in [-0.2, 0) is 11.3 Å². The van der Waals surface area contributed by atoms with Crippen LogP contribution >= 0.6 is 11.3 Å². The molecule has 7 heteroatoms. The highest BCUT2D eigenvalue weighted by atomic mass is 32.1. The molecule has 4 atom stereocenters. The Bertz CT molecular complexity index is 782. The second-order valence-electron chi connectivity index (χ2n) is 7.40. The molecule has 1 aromatic heterocycles. The molecule has 1 saturated heterocycles. The number of aliphatic hydroxyl groups is 1. The van der Waals surface area contributed by atoms with E-state index in [1.165, 1.54) is 12.0 Å². The van der Waals surface area contributed by atoms with Crippen LogP contribution in [-0.4, -0.2) is 53.4 Å². The topological polar surface area (TPSA) is 71.9 Å². The summed E-state index contributed by atoms with van der Waals surface area (Å²) in [4.78, 5) is 19.6. The Kier molecular flexibility index (Phi) is 5.43. The molecule has 1 saturated carbocycles. The van der Waals surface area contributed by atoms with Crippen molar-refractivity contribution < 1.29 is 19.4 Å². The van der Waals surface area contributed by atoms with E-state index in [0.717, 1.165) is 32.5 Å². The highest BCUT2D eigenvalue weighted by Gasteiger charge is 2.42. The minimum atomic E-state index is -0.489. The van der Waals surface area contributed by atoms with Crippen molar-refractivity contribution in [3.05, 3.63) is 46.4 Å². The number of thiazole rings is 1. The number of benzene rings is 1. The zero-order valence-electron chi connectivity index (χ0n) is 15.3. The van der Waals surface area contributed by atoms with Crippen molar-refractivity contribution in [2.45, 2.75) is 31.6 Å². The van der Waals surface area contributed by atoms with Crippen molar-refractivity contribution in [2.75, 3.05) is 20.2 Å². The Morgan fingerprint density at radius 3 is 2.89 bits per heavy atom. The molecule has 2 aliphatic rings. The normalized spacial score (nSPS) is 27.9. The van der Waals surface area contributed by atoms with Gasteiger partial charge < -0.3 is 14.6 Å². The molecule has 1 N–H and O–H groups in total. The molecule has 2 aromatic rings. The number of hydrogen-bond donors (Lipinski definition) is 1. The van der Waals surface area contributed by atoms with Crippen molar-refractivity contribution in [3.63, 3.8) is 0 Å². The molecule has 27 heavy (non-hydrogen) atoms. The molecule has 1 aliphatic heterocycles. The van der Waals surface area contributed by atoms with Gasteiger partial charge in [-0.2, -0.15) is 0 Å². The summed E-state index contributed by atoms with van der Waals surface area (Å²) < 4.78 is 10.8. The van der Waals surface area contributed by atoms with Crippen LogP contribution in [0.1, 0.15) is 28.1 Å².